The molecule has 0 aliphatic rings. The van der Waals surface area contributed by atoms with Crippen LogP contribution in [-0.4, -0.2) is 23.0 Å². The third kappa shape index (κ3) is 4.44. The molecule has 1 aromatic carbocycles. The summed E-state index contributed by atoms with van der Waals surface area (Å²) >= 11 is 5.85. The summed E-state index contributed by atoms with van der Waals surface area (Å²) in [6, 6.07) is 3.75. The standard InChI is InChI=1S/C13H17ClN2O3/c1-2-3-4-10(13(18)19)16-11-7-8(14)5-6-9(11)12(15)17/h5-7,10,16H,2-4H2,1H3,(H2,15,17)(H,18,19). The fourth-order valence-corrected chi connectivity index (χ4v) is 1.88. The molecule has 1 aromatic rings. The zero-order chi connectivity index (χ0) is 14.4. The highest BCUT2D eigenvalue weighted by Crippen LogP contribution is 2.22. The van der Waals surface area contributed by atoms with Crippen molar-refractivity contribution < 1.29 is 14.7 Å². The van der Waals surface area contributed by atoms with Crippen LogP contribution in [0.15, 0.2) is 18.2 Å². The van der Waals surface area contributed by atoms with Gasteiger partial charge in [0, 0.05) is 10.7 Å². The first-order valence-electron chi connectivity index (χ1n) is 6.04. The van der Waals surface area contributed by atoms with Gasteiger partial charge < -0.3 is 16.2 Å². The van der Waals surface area contributed by atoms with Crippen LogP contribution in [0.3, 0.4) is 0 Å². The molecule has 0 saturated carbocycles. The molecule has 0 aromatic heterocycles. The summed E-state index contributed by atoms with van der Waals surface area (Å²) in [5, 5.41) is 12.4. The first-order valence-corrected chi connectivity index (χ1v) is 6.42. The Bertz CT molecular complexity index is 477. The maximum absolute atomic E-state index is 11.3. The number of nitrogens with one attached hydrogen (secondary N) is 1. The number of carbonyl (C=O) groups is 2. The van der Waals surface area contributed by atoms with Gasteiger partial charge in [-0.2, -0.15) is 0 Å². The Kier molecular flexibility index (Phi) is 5.63. The van der Waals surface area contributed by atoms with Gasteiger partial charge >= 0.3 is 5.97 Å². The van der Waals surface area contributed by atoms with Gasteiger partial charge in [0.05, 0.1) is 5.56 Å². The number of primary amides is 1. The number of nitrogens with two attached hydrogens (primary N) is 1. The molecule has 4 N–H and O–H groups in total. The summed E-state index contributed by atoms with van der Waals surface area (Å²) in [6.45, 7) is 1.98. The van der Waals surface area contributed by atoms with Crippen LogP contribution in [0.25, 0.3) is 0 Å². The van der Waals surface area contributed by atoms with Crippen LogP contribution in [0.5, 0.6) is 0 Å². The van der Waals surface area contributed by atoms with Crippen LogP contribution in [0.2, 0.25) is 5.02 Å². The van der Waals surface area contributed by atoms with Crippen molar-refractivity contribution in [2.24, 2.45) is 5.73 Å². The van der Waals surface area contributed by atoms with Crippen molar-refractivity contribution >= 4 is 29.2 Å². The molecule has 0 spiro atoms. The van der Waals surface area contributed by atoms with Gasteiger partial charge in [-0.15, -0.1) is 0 Å². The average Bonchev–Trinajstić information content (AvgIpc) is 2.33. The quantitative estimate of drug-likeness (QED) is 0.717. The minimum absolute atomic E-state index is 0.229. The van der Waals surface area contributed by atoms with E-state index in [1.54, 1.807) is 0 Å². The number of hydrogen-bond donors (Lipinski definition) is 3. The predicted octanol–water partition coefficient (Wildman–Crippen LogP) is 2.49. The Morgan fingerprint density at radius 3 is 2.68 bits per heavy atom. The molecule has 0 saturated heterocycles. The van der Waals surface area contributed by atoms with E-state index in [0.717, 1.165) is 12.8 Å². The fraction of sp³-hybridized carbons (Fsp3) is 0.385. The fourth-order valence-electron chi connectivity index (χ4n) is 1.70. The summed E-state index contributed by atoms with van der Waals surface area (Å²) in [6.07, 6.45) is 2.14. The van der Waals surface area contributed by atoms with Gasteiger partial charge in [-0.1, -0.05) is 31.4 Å². The van der Waals surface area contributed by atoms with Crippen molar-refractivity contribution in [2.45, 2.75) is 32.2 Å². The van der Waals surface area contributed by atoms with Gasteiger partial charge in [-0.05, 0) is 24.6 Å². The number of aliphatic carboxylic acids is 1. The van der Waals surface area contributed by atoms with Gasteiger partial charge in [0.25, 0.3) is 5.91 Å². The Hall–Kier alpha value is -1.75. The molecule has 1 atom stereocenters. The highest BCUT2D eigenvalue weighted by atomic mass is 35.5. The second kappa shape index (κ2) is 6.99. The van der Waals surface area contributed by atoms with Crippen molar-refractivity contribution in [2.75, 3.05) is 5.32 Å². The molecule has 0 aliphatic heterocycles. The van der Waals surface area contributed by atoms with Gasteiger partial charge in [0.1, 0.15) is 6.04 Å². The second-order valence-corrected chi connectivity index (χ2v) is 4.67. The molecule has 0 bridgehead atoms. The van der Waals surface area contributed by atoms with Crippen molar-refractivity contribution in [3.05, 3.63) is 28.8 Å². The zero-order valence-electron chi connectivity index (χ0n) is 10.6. The third-order valence-electron chi connectivity index (χ3n) is 2.72. The van der Waals surface area contributed by atoms with Crippen molar-refractivity contribution in [3.8, 4) is 0 Å². The number of carbonyl (C=O) groups excluding carboxylic acids is 1. The Morgan fingerprint density at radius 1 is 1.47 bits per heavy atom. The smallest absolute Gasteiger partial charge is 0.326 e. The molecule has 0 fully saturated rings. The van der Waals surface area contributed by atoms with Crippen LogP contribution < -0.4 is 11.1 Å². The minimum Gasteiger partial charge on any atom is -0.480 e. The molecular weight excluding hydrogens is 268 g/mol. The monoisotopic (exact) mass is 284 g/mol. The van der Waals surface area contributed by atoms with E-state index in [0.29, 0.717) is 17.1 Å². The highest BCUT2D eigenvalue weighted by Gasteiger charge is 2.19. The SMILES string of the molecule is CCCCC(Nc1cc(Cl)ccc1C(N)=O)C(=O)O. The molecule has 5 nitrogen and oxygen atoms in total. The van der Waals surface area contributed by atoms with E-state index >= 15 is 0 Å². The molecule has 104 valence electrons. The number of anilines is 1. The average molecular weight is 285 g/mol. The van der Waals surface area contributed by atoms with Crippen LogP contribution in [0.4, 0.5) is 5.69 Å². The molecule has 0 aliphatic carbocycles. The van der Waals surface area contributed by atoms with E-state index in [4.69, 9.17) is 22.4 Å². The Morgan fingerprint density at radius 2 is 2.16 bits per heavy atom. The highest BCUT2D eigenvalue weighted by molar-refractivity contribution is 6.31. The molecule has 0 radical (unpaired) electrons. The predicted molar refractivity (Wildman–Crippen MR) is 74.5 cm³/mol. The molecule has 6 heteroatoms. The number of rotatable bonds is 7. The first kappa shape index (κ1) is 15.3. The van der Waals surface area contributed by atoms with Gasteiger partial charge in [-0.3, -0.25) is 4.79 Å². The summed E-state index contributed by atoms with van der Waals surface area (Å²) in [7, 11) is 0. The van der Waals surface area contributed by atoms with Crippen LogP contribution in [-0.2, 0) is 4.79 Å². The summed E-state index contributed by atoms with van der Waals surface area (Å²) in [5.74, 6) is -1.59. The van der Waals surface area contributed by atoms with E-state index in [9.17, 15) is 9.59 Å². The van der Waals surface area contributed by atoms with E-state index < -0.39 is 17.9 Å². The van der Waals surface area contributed by atoms with E-state index in [-0.39, 0.29) is 5.56 Å². The minimum atomic E-state index is -0.969. The number of unbranched alkanes of at least 4 members (excludes halogenated alkanes) is 1. The summed E-state index contributed by atoms with van der Waals surface area (Å²) < 4.78 is 0. The largest absolute Gasteiger partial charge is 0.480 e. The molecule has 19 heavy (non-hydrogen) atoms. The number of carboxylic acid groups (broad SMARTS) is 1. The molecule has 1 rings (SSSR count). The van der Waals surface area contributed by atoms with Crippen LogP contribution in [0.1, 0.15) is 36.5 Å². The lowest BCUT2D eigenvalue weighted by molar-refractivity contribution is -0.138. The normalized spacial score (nSPS) is 11.9. The zero-order valence-corrected chi connectivity index (χ0v) is 11.4. The second-order valence-electron chi connectivity index (χ2n) is 4.23. The number of benzene rings is 1. The number of carboxylic acids is 1. The maximum Gasteiger partial charge on any atom is 0.326 e. The van der Waals surface area contributed by atoms with E-state index in [1.807, 2.05) is 6.92 Å². The van der Waals surface area contributed by atoms with Crippen LogP contribution in [0, 0.1) is 0 Å². The lowest BCUT2D eigenvalue weighted by Crippen LogP contribution is -2.30. The van der Waals surface area contributed by atoms with Crippen molar-refractivity contribution in [1.82, 2.24) is 0 Å². The van der Waals surface area contributed by atoms with Gasteiger partial charge in [0.15, 0.2) is 0 Å². The molecule has 1 amide bonds. The van der Waals surface area contributed by atoms with E-state index in [1.165, 1.54) is 18.2 Å². The molecular formula is C13H17ClN2O3. The van der Waals surface area contributed by atoms with Gasteiger partial charge in [0.2, 0.25) is 0 Å². The first-order chi connectivity index (χ1) is 8.95. The van der Waals surface area contributed by atoms with Crippen molar-refractivity contribution in [3.63, 3.8) is 0 Å². The number of amides is 1. The van der Waals surface area contributed by atoms with Crippen LogP contribution >= 0.6 is 11.6 Å². The van der Waals surface area contributed by atoms with Crippen molar-refractivity contribution in [1.29, 1.82) is 0 Å². The Balaban J connectivity index is 2.97. The third-order valence-corrected chi connectivity index (χ3v) is 2.96. The molecule has 1 unspecified atom stereocenters. The van der Waals surface area contributed by atoms with Gasteiger partial charge in [-0.25, -0.2) is 4.79 Å². The lowest BCUT2D eigenvalue weighted by Gasteiger charge is -2.17. The number of hydrogen-bond acceptors (Lipinski definition) is 3. The number of halogens is 1. The molecule has 0 heterocycles. The van der Waals surface area contributed by atoms with E-state index in [2.05, 4.69) is 5.32 Å². The lowest BCUT2D eigenvalue weighted by atomic mass is 10.1. The Labute approximate surface area is 116 Å². The summed E-state index contributed by atoms with van der Waals surface area (Å²) in [5.41, 5.74) is 5.83. The summed E-state index contributed by atoms with van der Waals surface area (Å²) in [4.78, 5) is 22.5. The maximum atomic E-state index is 11.3. The topological polar surface area (TPSA) is 92.4 Å².